The van der Waals surface area contributed by atoms with E-state index in [0.29, 0.717) is 16.8 Å². The predicted octanol–water partition coefficient (Wildman–Crippen LogP) is 4.28. The maximum Gasteiger partial charge on any atom is 0.416 e. The SMILES string of the molecule is NC(=O)c1cc(C(F)(F)F)ccc1-c1nccc2cc(S(=O)(=O)Nc3nccs3)ccc12. The first-order valence-corrected chi connectivity index (χ1v) is 11.2. The van der Waals surface area contributed by atoms with Gasteiger partial charge >= 0.3 is 6.18 Å². The molecule has 4 rings (SSSR count). The second-order valence-corrected chi connectivity index (χ2v) is 9.18. The van der Waals surface area contributed by atoms with E-state index in [-0.39, 0.29) is 26.8 Å². The molecule has 2 aromatic heterocycles. The predicted molar refractivity (Wildman–Crippen MR) is 114 cm³/mol. The van der Waals surface area contributed by atoms with Gasteiger partial charge in [0.25, 0.3) is 10.0 Å². The highest BCUT2D eigenvalue weighted by molar-refractivity contribution is 7.93. The number of amides is 1. The fraction of sp³-hybridized carbons (Fsp3) is 0.0500. The van der Waals surface area contributed by atoms with E-state index in [2.05, 4.69) is 14.7 Å². The largest absolute Gasteiger partial charge is 0.416 e. The van der Waals surface area contributed by atoms with E-state index in [1.807, 2.05) is 0 Å². The summed E-state index contributed by atoms with van der Waals surface area (Å²) in [5.41, 5.74) is 4.27. The molecule has 0 aliphatic carbocycles. The van der Waals surface area contributed by atoms with Gasteiger partial charge in [0, 0.05) is 34.3 Å². The Hall–Kier alpha value is -3.51. The fourth-order valence-electron chi connectivity index (χ4n) is 3.12. The number of sulfonamides is 1. The molecule has 0 spiro atoms. The molecule has 7 nitrogen and oxygen atoms in total. The molecule has 0 radical (unpaired) electrons. The number of nitrogens with one attached hydrogen (secondary N) is 1. The van der Waals surface area contributed by atoms with E-state index < -0.39 is 27.7 Å². The first kappa shape index (κ1) is 21.7. The number of thiazole rings is 1. The minimum absolute atomic E-state index is 0.0418. The van der Waals surface area contributed by atoms with Crippen LogP contribution in [0.2, 0.25) is 0 Å². The van der Waals surface area contributed by atoms with Crippen molar-refractivity contribution in [3.05, 3.63) is 71.4 Å². The summed E-state index contributed by atoms with van der Waals surface area (Å²) >= 11 is 1.12. The average molecular weight is 478 g/mol. The van der Waals surface area contributed by atoms with Gasteiger partial charge in [-0.3, -0.25) is 14.5 Å². The molecule has 2 aromatic carbocycles. The van der Waals surface area contributed by atoms with Crippen LogP contribution >= 0.6 is 11.3 Å². The second kappa shape index (κ2) is 7.88. The molecule has 164 valence electrons. The minimum Gasteiger partial charge on any atom is -0.366 e. The second-order valence-electron chi connectivity index (χ2n) is 6.61. The van der Waals surface area contributed by atoms with E-state index in [1.54, 1.807) is 11.4 Å². The molecule has 0 aliphatic heterocycles. The molecule has 0 bridgehead atoms. The Bertz CT molecular complexity index is 1440. The van der Waals surface area contributed by atoms with Crippen molar-refractivity contribution in [1.29, 1.82) is 0 Å². The lowest BCUT2D eigenvalue weighted by molar-refractivity contribution is -0.137. The number of nitrogens with two attached hydrogens (primary N) is 1. The zero-order valence-electron chi connectivity index (χ0n) is 15.9. The van der Waals surface area contributed by atoms with Crippen LogP contribution in [0.1, 0.15) is 15.9 Å². The molecule has 0 fully saturated rings. The van der Waals surface area contributed by atoms with Crippen LogP contribution in [0.15, 0.2) is 65.1 Å². The lowest BCUT2D eigenvalue weighted by Gasteiger charge is -2.13. The lowest BCUT2D eigenvalue weighted by Crippen LogP contribution is -2.15. The van der Waals surface area contributed by atoms with Gasteiger partial charge in [-0.1, -0.05) is 12.1 Å². The van der Waals surface area contributed by atoms with Crippen LogP contribution in [-0.2, 0) is 16.2 Å². The summed E-state index contributed by atoms with van der Waals surface area (Å²) in [6.45, 7) is 0. The third-order valence-electron chi connectivity index (χ3n) is 4.57. The highest BCUT2D eigenvalue weighted by atomic mass is 32.2. The molecule has 0 saturated carbocycles. The maximum absolute atomic E-state index is 13.1. The molecular formula is C20H13F3N4O3S2. The van der Waals surface area contributed by atoms with Crippen LogP contribution in [-0.4, -0.2) is 24.3 Å². The summed E-state index contributed by atoms with van der Waals surface area (Å²) in [5, 5.41) is 2.71. The summed E-state index contributed by atoms with van der Waals surface area (Å²) in [5.74, 6) is -1.04. The topological polar surface area (TPSA) is 115 Å². The van der Waals surface area contributed by atoms with Gasteiger partial charge in [0.2, 0.25) is 5.91 Å². The van der Waals surface area contributed by atoms with Crippen molar-refractivity contribution >= 4 is 43.2 Å². The van der Waals surface area contributed by atoms with E-state index >= 15 is 0 Å². The number of anilines is 1. The molecule has 32 heavy (non-hydrogen) atoms. The van der Waals surface area contributed by atoms with Crippen LogP contribution in [0, 0.1) is 0 Å². The number of halogens is 3. The fourth-order valence-corrected chi connectivity index (χ4v) is 4.94. The minimum atomic E-state index is -4.65. The third-order valence-corrected chi connectivity index (χ3v) is 6.72. The Morgan fingerprint density at radius 3 is 2.47 bits per heavy atom. The Morgan fingerprint density at radius 1 is 1.03 bits per heavy atom. The van der Waals surface area contributed by atoms with Crippen molar-refractivity contribution in [3.63, 3.8) is 0 Å². The first-order valence-electron chi connectivity index (χ1n) is 8.89. The lowest BCUT2D eigenvalue weighted by atomic mass is 9.97. The number of aromatic nitrogens is 2. The zero-order valence-corrected chi connectivity index (χ0v) is 17.6. The quantitative estimate of drug-likeness (QED) is 0.444. The normalized spacial score (nSPS) is 12.1. The first-order chi connectivity index (χ1) is 15.1. The van der Waals surface area contributed by atoms with E-state index in [4.69, 9.17) is 5.73 Å². The van der Waals surface area contributed by atoms with E-state index in [0.717, 1.165) is 23.5 Å². The maximum atomic E-state index is 13.1. The number of rotatable bonds is 5. The summed E-state index contributed by atoms with van der Waals surface area (Å²) in [6, 6.07) is 8.38. The van der Waals surface area contributed by atoms with Crippen LogP contribution in [0.25, 0.3) is 22.0 Å². The number of hydrogen-bond donors (Lipinski definition) is 2. The number of primary amides is 1. The number of nitrogens with zero attached hydrogens (tertiary/aromatic N) is 2. The smallest absolute Gasteiger partial charge is 0.366 e. The van der Waals surface area contributed by atoms with E-state index in [9.17, 15) is 26.4 Å². The standard InChI is InChI=1S/C20H13F3N4O3S2/c21-20(22,23)12-1-3-15(16(10-12)18(24)28)17-14-4-2-13(9-11(14)5-6-25-17)32(29,30)27-19-26-7-8-31-19/h1-10H,(H2,24,28)(H,26,27). The van der Waals surface area contributed by atoms with Gasteiger partial charge in [-0.15, -0.1) is 11.3 Å². The summed E-state index contributed by atoms with van der Waals surface area (Å²) in [4.78, 5) is 19.9. The molecule has 4 aromatic rings. The van der Waals surface area contributed by atoms with Gasteiger partial charge in [-0.25, -0.2) is 13.4 Å². The van der Waals surface area contributed by atoms with Crippen molar-refractivity contribution < 1.29 is 26.4 Å². The Labute approximate surface area is 183 Å². The van der Waals surface area contributed by atoms with Gasteiger partial charge in [-0.2, -0.15) is 13.2 Å². The molecule has 0 unspecified atom stereocenters. The number of carbonyl (C=O) groups is 1. The van der Waals surface area contributed by atoms with Gasteiger partial charge in [-0.05, 0) is 35.7 Å². The molecule has 3 N–H and O–H groups in total. The van der Waals surface area contributed by atoms with Crippen molar-refractivity contribution in [2.24, 2.45) is 5.73 Å². The van der Waals surface area contributed by atoms with Crippen molar-refractivity contribution in [3.8, 4) is 11.3 Å². The molecular weight excluding hydrogens is 465 g/mol. The van der Waals surface area contributed by atoms with Crippen molar-refractivity contribution in [2.75, 3.05) is 4.72 Å². The van der Waals surface area contributed by atoms with Gasteiger partial charge in [0.15, 0.2) is 5.13 Å². The van der Waals surface area contributed by atoms with Gasteiger partial charge in [0.05, 0.1) is 16.2 Å². The monoisotopic (exact) mass is 478 g/mol. The highest BCUT2D eigenvalue weighted by Gasteiger charge is 2.32. The molecule has 1 amide bonds. The van der Waals surface area contributed by atoms with E-state index in [1.165, 1.54) is 30.6 Å². The zero-order chi connectivity index (χ0) is 23.1. The van der Waals surface area contributed by atoms with Gasteiger partial charge < -0.3 is 5.73 Å². The number of carbonyl (C=O) groups excluding carboxylic acids is 1. The van der Waals surface area contributed by atoms with Crippen LogP contribution < -0.4 is 10.5 Å². The third kappa shape index (κ3) is 4.14. The molecule has 2 heterocycles. The Morgan fingerprint density at radius 2 is 1.81 bits per heavy atom. The summed E-state index contributed by atoms with van der Waals surface area (Å²) < 4.78 is 66.9. The molecule has 0 atom stereocenters. The van der Waals surface area contributed by atoms with Gasteiger partial charge in [0.1, 0.15) is 0 Å². The number of alkyl halides is 3. The Balaban J connectivity index is 1.83. The Kier molecular flexibility index (Phi) is 5.34. The number of benzene rings is 2. The van der Waals surface area contributed by atoms with Crippen LogP contribution in [0.4, 0.5) is 18.3 Å². The van der Waals surface area contributed by atoms with Crippen LogP contribution in [0.5, 0.6) is 0 Å². The van der Waals surface area contributed by atoms with Crippen molar-refractivity contribution in [1.82, 2.24) is 9.97 Å². The molecule has 0 saturated heterocycles. The summed E-state index contributed by atoms with van der Waals surface area (Å²) in [7, 11) is -3.92. The number of pyridine rings is 1. The summed E-state index contributed by atoms with van der Waals surface area (Å²) in [6.07, 6.45) is -1.82. The molecule has 12 heteroatoms. The van der Waals surface area contributed by atoms with Crippen LogP contribution in [0.3, 0.4) is 0 Å². The molecule has 0 aliphatic rings. The number of fused-ring (bicyclic) bond motifs is 1. The number of hydrogen-bond acceptors (Lipinski definition) is 6. The van der Waals surface area contributed by atoms with Crippen molar-refractivity contribution in [2.45, 2.75) is 11.1 Å². The highest BCUT2D eigenvalue weighted by Crippen LogP contribution is 2.35. The average Bonchev–Trinajstić information content (AvgIpc) is 3.24.